The van der Waals surface area contributed by atoms with Crippen molar-refractivity contribution in [3.05, 3.63) is 28.8 Å². The molecule has 0 aliphatic carbocycles. The van der Waals surface area contributed by atoms with E-state index >= 15 is 0 Å². The van der Waals surface area contributed by atoms with E-state index in [1.165, 1.54) is 0 Å². The molecule has 0 aliphatic heterocycles. The molecule has 90 valence electrons. The number of rotatable bonds is 5. The lowest BCUT2D eigenvalue weighted by Crippen LogP contribution is -2.20. The first-order valence-corrected chi connectivity index (χ1v) is 6.34. The van der Waals surface area contributed by atoms with Gasteiger partial charge in [0.1, 0.15) is 5.75 Å². The van der Waals surface area contributed by atoms with Crippen LogP contribution in [0.1, 0.15) is 25.8 Å². The molecule has 0 saturated carbocycles. The third kappa shape index (κ3) is 3.29. The van der Waals surface area contributed by atoms with Crippen LogP contribution in [-0.4, -0.2) is 13.0 Å². The fraction of sp³-hybridized carbons (Fsp3) is 0.538. The number of hydrogen-bond donors (Lipinski definition) is 0. The topological polar surface area (TPSA) is 9.23 Å². The van der Waals surface area contributed by atoms with E-state index in [1.807, 2.05) is 18.2 Å². The molecule has 0 saturated heterocycles. The van der Waals surface area contributed by atoms with Gasteiger partial charge in [-0.3, -0.25) is 0 Å². The van der Waals surface area contributed by atoms with E-state index in [-0.39, 0.29) is 5.41 Å². The van der Waals surface area contributed by atoms with Gasteiger partial charge >= 0.3 is 0 Å². The van der Waals surface area contributed by atoms with Gasteiger partial charge in [-0.05, 0) is 42.0 Å². The van der Waals surface area contributed by atoms with Crippen LogP contribution < -0.4 is 4.74 Å². The minimum absolute atomic E-state index is 0.0967. The van der Waals surface area contributed by atoms with Crippen molar-refractivity contribution in [2.45, 2.75) is 26.7 Å². The SMILES string of the molecule is CCC(C)(CCl)Cc1cc(Cl)ccc1OC. The van der Waals surface area contributed by atoms with Gasteiger partial charge in [0.25, 0.3) is 0 Å². The van der Waals surface area contributed by atoms with Crippen molar-refractivity contribution in [2.75, 3.05) is 13.0 Å². The molecule has 1 aromatic carbocycles. The summed E-state index contributed by atoms with van der Waals surface area (Å²) in [5.41, 5.74) is 1.22. The first-order valence-electron chi connectivity index (χ1n) is 5.43. The van der Waals surface area contributed by atoms with Crippen LogP contribution in [-0.2, 0) is 6.42 Å². The van der Waals surface area contributed by atoms with E-state index in [1.54, 1.807) is 7.11 Å². The summed E-state index contributed by atoms with van der Waals surface area (Å²) in [7, 11) is 1.68. The molecule has 1 unspecified atom stereocenters. The predicted octanol–water partition coefficient (Wildman–Crippen LogP) is 4.55. The van der Waals surface area contributed by atoms with Gasteiger partial charge in [0.2, 0.25) is 0 Å². The molecule has 0 bridgehead atoms. The second kappa shape index (κ2) is 5.79. The molecule has 0 amide bonds. The zero-order valence-electron chi connectivity index (χ0n) is 10.0. The van der Waals surface area contributed by atoms with Crippen LogP contribution in [0.5, 0.6) is 5.75 Å². The zero-order valence-corrected chi connectivity index (χ0v) is 11.5. The summed E-state index contributed by atoms with van der Waals surface area (Å²) in [5.74, 6) is 1.52. The van der Waals surface area contributed by atoms with Crippen LogP contribution in [0.3, 0.4) is 0 Å². The Kier molecular flexibility index (Phi) is 4.94. The molecule has 1 nitrogen and oxygen atoms in total. The second-order valence-electron chi connectivity index (χ2n) is 4.43. The molecule has 0 aromatic heterocycles. The van der Waals surface area contributed by atoms with Crippen LogP contribution in [0.2, 0.25) is 5.02 Å². The molecular weight excluding hydrogens is 243 g/mol. The van der Waals surface area contributed by atoms with Gasteiger partial charge in [-0.25, -0.2) is 0 Å². The molecule has 0 N–H and O–H groups in total. The number of halogens is 2. The van der Waals surface area contributed by atoms with E-state index in [4.69, 9.17) is 27.9 Å². The molecule has 0 aliphatic rings. The Balaban J connectivity index is 2.98. The maximum absolute atomic E-state index is 6.02. The van der Waals surface area contributed by atoms with Crippen LogP contribution >= 0.6 is 23.2 Å². The molecule has 1 aromatic rings. The summed E-state index contributed by atoms with van der Waals surface area (Å²) >= 11 is 12.0. The molecule has 3 heteroatoms. The van der Waals surface area contributed by atoms with Crippen LogP contribution in [0, 0.1) is 5.41 Å². The van der Waals surface area contributed by atoms with Gasteiger partial charge in [0.15, 0.2) is 0 Å². The highest BCUT2D eigenvalue weighted by Gasteiger charge is 2.23. The molecular formula is C13H18Cl2O. The Labute approximate surface area is 108 Å². The van der Waals surface area contributed by atoms with Crippen molar-refractivity contribution in [3.63, 3.8) is 0 Å². The molecule has 0 radical (unpaired) electrons. The maximum Gasteiger partial charge on any atom is 0.122 e. The molecule has 0 heterocycles. The average molecular weight is 261 g/mol. The smallest absolute Gasteiger partial charge is 0.122 e. The third-order valence-electron chi connectivity index (χ3n) is 3.04. The first kappa shape index (κ1) is 13.7. The highest BCUT2D eigenvalue weighted by Crippen LogP contribution is 2.33. The van der Waals surface area contributed by atoms with Crippen LogP contribution in [0.25, 0.3) is 0 Å². The standard InChI is InChI=1S/C13H18Cl2O/c1-4-13(2,9-14)8-10-7-11(15)5-6-12(10)16-3/h5-7H,4,8-9H2,1-3H3. The lowest BCUT2D eigenvalue weighted by atomic mass is 9.83. The van der Waals surface area contributed by atoms with E-state index in [9.17, 15) is 0 Å². The first-order chi connectivity index (χ1) is 7.54. The van der Waals surface area contributed by atoms with Gasteiger partial charge in [-0.1, -0.05) is 25.4 Å². The van der Waals surface area contributed by atoms with Crippen molar-refractivity contribution in [1.82, 2.24) is 0 Å². The van der Waals surface area contributed by atoms with Crippen LogP contribution in [0.4, 0.5) is 0 Å². The average Bonchev–Trinajstić information content (AvgIpc) is 2.29. The Hall–Kier alpha value is -0.400. The number of ether oxygens (including phenoxy) is 1. The van der Waals surface area contributed by atoms with E-state index in [0.29, 0.717) is 5.88 Å². The lowest BCUT2D eigenvalue weighted by Gasteiger charge is -2.26. The van der Waals surface area contributed by atoms with E-state index in [0.717, 1.165) is 29.2 Å². The number of hydrogen-bond acceptors (Lipinski definition) is 1. The fourth-order valence-corrected chi connectivity index (χ4v) is 2.09. The molecule has 1 atom stereocenters. The molecule has 0 spiro atoms. The fourth-order valence-electron chi connectivity index (χ4n) is 1.61. The highest BCUT2D eigenvalue weighted by atomic mass is 35.5. The van der Waals surface area contributed by atoms with Crippen molar-refractivity contribution in [1.29, 1.82) is 0 Å². The third-order valence-corrected chi connectivity index (χ3v) is 3.92. The summed E-state index contributed by atoms with van der Waals surface area (Å²) in [5, 5.41) is 0.740. The minimum atomic E-state index is 0.0967. The van der Waals surface area contributed by atoms with Crippen molar-refractivity contribution in [2.24, 2.45) is 5.41 Å². The minimum Gasteiger partial charge on any atom is -0.496 e. The Morgan fingerprint density at radius 2 is 2.06 bits per heavy atom. The van der Waals surface area contributed by atoms with Crippen molar-refractivity contribution in [3.8, 4) is 5.75 Å². The normalized spacial score (nSPS) is 14.6. The Bertz CT molecular complexity index is 346. The molecule has 1 rings (SSSR count). The lowest BCUT2D eigenvalue weighted by molar-refractivity contribution is 0.343. The van der Waals surface area contributed by atoms with Crippen molar-refractivity contribution < 1.29 is 4.74 Å². The molecule has 0 fully saturated rings. The monoisotopic (exact) mass is 260 g/mol. The van der Waals surface area contributed by atoms with E-state index in [2.05, 4.69) is 13.8 Å². The number of methoxy groups -OCH3 is 1. The Morgan fingerprint density at radius 3 is 2.56 bits per heavy atom. The predicted molar refractivity (Wildman–Crippen MR) is 70.8 cm³/mol. The summed E-state index contributed by atoms with van der Waals surface area (Å²) < 4.78 is 5.33. The highest BCUT2D eigenvalue weighted by molar-refractivity contribution is 6.30. The van der Waals surface area contributed by atoms with Crippen molar-refractivity contribution >= 4 is 23.2 Å². The van der Waals surface area contributed by atoms with E-state index < -0.39 is 0 Å². The summed E-state index contributed by atoms with van der Waals surface area (Å²) in [4.78, 5) is 0. The van der Waals surface area contributed by atoms with Crippen LogP contribution in [0.15, 0.2) is 18.2 Å². The van der Waals surface area contributed by atoms with Gasteiger partial charge < -0.3 is 4.74 Å². The van der Waals surface area contributed by atoms with Gasteiger partial charge in [-0.15, -0.1) is 11.6 Å². The largest absolute Gasteiger partial charge is 0.496 e. The second-order valence-corrected chi connectivity index (χ2v) is 5.13. The van der Waals surface area contributed by atoms with Gasteiger partial charge in [-0.2, -0.15) is 0 Å². The maximum atomic E-state index is 6.02. The summed E-state index contributed by atoms with van der Waals surface area (Å²) in [6, 6.07) is 5.71. The van der Waals surface area contributed by atoms with Gasteiger partial charge in [0, 0.05) is 10.9 Å². The summed E-state index contributed by atoms with van der Waals surface area (Å²) in [6.45, 7) is 4.33. The Morgan fingerprint density at radius 1 is 1.38 bits per heavy atom. The zero-order chi connectivity index (χ0) is 12.2. The number of alkyl halides is 1. The quantitative estimate of drug-likeness (QED) is 0.707. The summed E-state index contributed by atoms with van der Waals surface area (Å²) in [6.07, 6.45) is 1.92. The number of benzene rings is 1. The van der Waals surface area contributed by atoms with Gasteiger partial charge in [0.05, 0.1) is 7.11 Å². The molecule has 16 heavy (non-hydrogen) atoms.